The highest BCUT2D eigenvalue weighted by molar-refractivity contribution is 7.80. The summed E-state index contributed by atoms with van der Waals surface area (Å²) in [7, 11) is 0. The standard InChI is InChI=1S/C10H17NS2/c1-9(2)11(5-6-12)8-10-4-3-7-13-10/h3-4,7,9,12H,5-6,8H2,1-2H3. The first-order chi connectivity index (χ1) is 6.24. The minimum absolute atomic E-state index is 0.606. The zero-order chi connectivity index (χ0) is 9.68. The second kappa shape index (κ2) is 5.68. The second-order valence-corrected chi connectivity index (χ2v) is 4.85. The van der Waals surface area contributed by atoms with Crippen LogP contribution in [0.25, 0.3) is 0 Å². The molecule has 0 N–H and O–H groups in total. The fourth-order valence-corrected chi connectivity index (χ4v) is 2.24. The molecule has 0 unspecified atom stereocenters. The molecule has 0 aliphatic heterocycles. The molecule has 74 valence electrons. The lowest BCUT2D eigenvalue weighted by Crippen LogP contribution is -2.31. The Morgan fingerprint density at radius 3 is 2.77 bits per heavy atom. The molecular weight excluding hydrogens is 198 g/mol. The Bertz CT molecular complexity index is 219. The number of hydrogen-bond donors (Lipinski definition) is 1. The van der Waals surface area contributed by atoms with Crippen LogP contribution in [0.5, 0.6) is 0 Å². The molecule has 0 saturated carbocycles. The number of hydrogen-bond acceptors (Lipinski definition) is 3. The summed E-state index contributed by atoms with van der Waals surface area (Å²) < 4.78 is 0. The van der Waals surface area contributed by atoms with Crippen molar-refractivity contribution in [1.82, 2.24) is 4.90 Å². The van der Waals surface area contributed by atoms with Crippen LogP contribution in [-0.2, 0) is 6.54 Å². The summed E-state index contributed by atoms with van der Waals surface area (Å²) in [5.41, 5.74) is 0. The van der Waals surface area contributed by atoms with Crippen molar-refractivity contribution in [3.8, 4) is 0 Å². The van der Waals surface area contributed by atoms with Gasteiger partial charge in [0.05, 0.1) is 0 Å². The Balaban J connectivity index is 2.47. The molecule has 0 saturated heterocycles. The van der Waals surface area contributed by atoms with Gasteiger partial charge in [-0.1, -0.05) is 6.07 Å². The van der Waals surface area contributed by atoms with Crippen LogP contribution in [0.4, 0.5) is 0 Å². The van der Waals surface area contributed by atoms with E-state index < -0.39 is 0 Å². The van der Waals surface area contributed by atoms with E-state index in [1.807, 2.05) is 11.3 Å². The molecular formula is C10H17NS2. The zero-order valence-corrected chi connectivity index (χ0v) is 9.94. The molecule has 13 heavy (non-hydrogen) atoms. The van der Waals surface area contributed by atoms with Gasteiger partial charge in [0.25, 0.3) is 0 Å². The van der Waals surface area contributed by atoms with Crippen LogP contribution >= 0.6 is 24.0 Å². The van der Waals surface area contributed by atoms with E-state index in [1.165, 1.54) is 4.88 Å². The summed E-state index contributed by atoms with van der Waals surface area (Å²) in [6.07, 6.45) is 0. The molecule has 3 heteroatoms. The van der Waals surface area contributed by atoms with Crippen LogP contribution in [0, 0.1) is 0 Å². The van der Waals surface area contributed by atoms with Gasteiger partial charge in [-0.05, 0) is 25.3 Å². The fourth-order valence-electron chi connectivity index (χ4n) is 1.25. The van der Waals surface area contributed by atoms with Gasteiger partial charge in [0, 0.05) is 29.8 Å². The van der Waals surface area contributed by atoms with Crippen molar-refractivity contribution < 1.29 is 0 Å². The van der Waals surface area contributed by atoms with Gasteiger partial charge in [-0.15, -0.1) is 11.3 Å². The summed E-state index contributed by atoms with van der Waals surface area (Å²) >= 11 is 6.10. The Morgan fingerprint density at radius 2 is 2.31 bits per heavy atom. The Labute approximate surface area is 90.2 Å². The van der Waals surface area contributed by atoms with Crippen LogP contribution in [-0.4, -0.2) is 23.2 Å². The average Bonchev–Trinajstić information content (AvgIpc) is 2.56. The van der Waals surface area contributed by atoms with Gasteiger partial charge in [0.2, 0.25) is 0 Å². The van der Waals surface area contributed by atoms with Crippen molar-refractivity contribution in [2.45, 2.75) is 26.4 Å². The highest BCUT2D eigenvalue weighted by Gasteiger charge is 2.08. The fraction of sp³-hybridized carbons (Fsp3) is 0.600. The van der Waals surface area contributed by atoms with Crippen molar-refractivity contribution in [1.29, 1.82) is 0 Å². The van der Waals surface area contributed by atoms with Crippen molar-refractivity contribution in [2.24, 2.45) is 0 Å². The molecule has 0 radical (unpaired) electrons. The molecule has 0 aromatic carbocycles. The summed E-state index contributed by atoms with van der Waals surface area (Å²) in [6.45, 7) is 6.60. The lowest BCUT2D eigenvalue weighted by Gasteiger charge is -2.24. The average molecular weight is 215 g/mol. The first-order valence-corrected chi connectivity index (χ1v) is 6.12. The summed E-state index contributed by atoms with van der Waals surface area (Å²) in [5, 5.41) is 2.13. The molecule has 1 aromatic rings. The van der Waals surface area contributed by atoms with Crippen LogP contribution in [0.15, 0.2) is 17.5 Å². The summed E-state index contributed by atoms with van der Waals surface area (Å²) in [5.74, 6) is 0.934. The monoisotopic (exact) mass is 215 g/mol. The van der Waals surface area contributed by atoms with Crippen LogP contribution in [0.1, 0.15) is 18.7 Å². The number of thiophene rings is 1. The predicted molar refractivity (Wildman–Crippen MR) is 63.7 cm³/mol. The van der Waals surface area contributed by atoms with E-state index in [0.717, 1.165) is 18.8 Å². The predicted octanol–water partition coefficient (Wildman–Crippen LogP) is 2.89. The van der Waals surface area contributed by atoms with Gasteiger partial charge in [-0.25, -0.2) is 0 Å². The molecule has 0 fully saturated rings. The lowest BCUT2D eigenvalue weighted by molar-refractivity contribution is 0.229. The molecule has 1 nitrogen and oxygen atoms in total. The molecule has 0 aliphatic carbocycles. The largest absolute Gasteiger partial charge is 0.295 e. The van der Waals surface area contributed by atoms with Crippen molar-refractivity contribution in [3.05, 3.63) is 22.4 Å². The summed E-state index contributed by atoms with van der Waals surface area (Å²) in [6, 6.07) is 4.91. The van der Waals surface area contributed by atoms with E-state index in [1.54, 1.807) is 0 Å². The topological polar surface area (TPSA) is 3.24 Å². The third-order valence-corrected chi connectivity index (χ3v) is 3.12. The van der Waals surface area contributed by atoms with E-state index in [4.69, 9.17) is 0 Å². The van der Waals surface area contributed by atoms with Gasteiger partial charge < -0.3 is 0 Å². The molecule has 1 rings (SSSR count). The Kier molecular flexibility index (Phi) is 4.84. The van der Waals surface area contributed by atoms with Crippen LogP contribution in [0.3, 0.4) is 0 Å². The number of rotatable bonds is 5. The van der Waals surface area contributed by atoms with E-state index in [2.05, 4.69) is 48.9 Å². The van der Waals surface area contributed by atoms with E-state index in [-0.39, 0.29) is 0 Å². The minimum atomic E-state index is 0.606. The molecule has 0 aliphatic rings. The maximum atomic E-state index is 4.27. The third-order valence-electron chi connectivity index (χ3n) is 2.06. The first-order valence-electron chi connectivity index (χ1n) is 4.61. The first kappa shape index (κ1) is 11.1. The van der Waals surface area contributed by atoms with Crippen molar-refractivity contribution in [3.63, 3.8) is 0 Å². The van der Waals surface area contributed by atoms with E-state index in [9.17, 15) is 0 Å². The maximum Gasteiger partial charge on any atom is 0.0330 e. The van der Waals surface area contributed by atoms with Gasteiger partial charge in [-0.2, -0.15) is 12.6 Å². The van der Waals surface area contributed by atoms with Crippen molar-refractivity contribution >= 4 is 24.0 Å². The highest BCUT2D eigenvalue weighted by atomic mass is 32.1. The molecule has 0 spiro atoms. The molecule has 1 aromatic heterocycles. The minimum Gasteiger partial charge on any atom is -0.295 e. The number of nitrogens with zero attached hydrogens (tertiary/aromatic N) is 1. The third kappa shape index (κ3) is 3.71. The van der Waals surface area contributed by atoms with E-state index >= 15 is 0 Å². The lowest BCUT2D eigenvalue weighted by atomic mass is 10.3. The molecule has 1 heterocycles. The second-order valence-electron chi connectivity index (χ2n) is 3.37. The molecule has 0 atom stereocenters. The van der Waals surface area contributed by atoms with Crippen LogP contribution < -0.4 is 0 Å². The number of thiol groups is 1. The normalized spacial score (nSPS) is 11.5. The van der Waals surface area contributed by atoms with Crippen molar-refractivity contribution in [2.75, 3.05) is 12.3 Å². The Morgan fingerprint density at radius 1 is 1.54 bits per heavy atom. The molecule has 0 bridgehead atoms. The highest BCUT2D eigenvalue weighted by Crippen LogP contribution is 2.13. The van der Waals surface area contributed by atoms with Gasteiger partial charge in [0.1, 0.15) is 0 Å². The Hall–Kier alpha value is 0.01000. The van der Waals surface area contributed by atoms with Gasteiger partial charge in [-0.3, -0.25) is 4.90 Å². The quantitative estimate of drug-likeness (QED) is 0.739. The van der Waals surface area contributed by atoms with Crippen LogP contribution in [0.2, 0.25) is 0 Å². The molecule has 0 amide bonds. The van der Waals surface area contributed by atoms with E-state index in [0.29, 0.717) is 6.04 Å². The zero-order valence-electron chi connectivity index (χ0n) is 8.23. The van der Waals surface area contributed by atoms with Gasteiger partial charge in [0.15, 0.2) is 0 Å². The maximum absolute atomic E-state index is 4.27. The van der Waals surface area contributed by atoms with Gasteiger partial charge >= 0.3 is 0 Å². The summed E-state index contributed by atoms with van der Waals surface area (Å²) in [4.78, 5) is 3.88. The SMILES string of the molecule is CC(C)N(CCS)Cc1cccs1. The smallest absolute Gasteiger partial charge is 0.0330 e.